The minimum absolute atomic E-state index is 0.0630. The number of carbonyl (C=O) groups is 1. The molecule has 0 saturated heterocycles. The van der Waals surface area contributed by atoms with E-state index in [2.05, 4.69) is 10.6 Å². The molecule has 4 fully saturated rings. The highest BCUT2D eigenvalue weighted by atomic mass is 35.5. The summed E-state index contributed by atoms with van der Waals surface area (Å²) in [7, 11) is 0. The zero-order valence-corrected chi connectivity index (χ0v) is 18.2. The zero-order valence-electron chi connectivity index (χ0n) is 15.8. The van der Waals surface area contributed by atoms with Crippen LogP contribution in [0.5, 0.6) is 0 Å². The predicted molar refractivity (Wildman–Crippen MR) is 118 cm³/mol. The molecule has 1 heterocycles. The van der Waals surface area contributed by atoms with Crippen LogP contribution in [-0.4, -0.2) is 16.6 Å². The summed E-state index contributed by atoms with van der Waals surface area (Å²) in [5.74, 6) is 2.84. The summed E-state index contributed by atoms with van der Waals surface area (Å²) in [6.07, 6.45) is 7.59. The van der Waals surface area contributed by atoms with Gasteiger partial charge < -0.3 is 9.73 Å². The van der Waals surface area contributed by atoms with E-state index in [1.165, 1.54) is 19.3 Å². The number of hydrogen-bond acceptors (Lipinski definition) is 3. The highest BCUT2D eigenvalue weighted by Crippen LogP contribution is 2.55. The van der Waals surface area contributed by atoms with Gasteiger partial charge in [0.05, 0.1) is 10.0 Å². The van der Waals surface area contributed by atoms with E-state index in [1.54, 1.807) is 30.3 Å². The molecule has 6 rings (SSSR count). The largest absolute Gasteiger partial charge is 0.451 e. The molecule has 152 valence electrons. The first-order valence-corrected chi connectivity index (χ1v) is 11.2. The van der Waals surface area contributed by atoms with Crippen molar-refractivity contribution in [2.75, 3.05) is 0 Å². The lowest BCUT2D eigenvalue weighted by molar-refractivity contribution is -0.0101. The lowest BCUT2D eigenvalue weighted by Gasteiger charge is -2.57. The normalized spacial score (nSPS) is 29.7. The van der Waals surface area contributed by atoms with Crippen LogP contribution in [0.2, 0.25) is 10.0 Å². The van der Waals surface area contributed by atoms with Gasteiger partial charge in [0.25, 0.3) is 5.91 Å². The summed E-state index contributed by atoms with van der Waals surface area (Å²) in [6, 6.07) is 8.59. The fourth-order valence-electron chi connectivity index (χ4n) is 5.97. The van der Waals surface area contributed by atoms with Gasteiger partial charge in [-0.3, -0.25) is 10.1 Å². The molecule has 4 aliphatic rings. The van der Waals surface area contributed by atoms with E-state index in [0.29, 0.717) is 20.9 Å². The number of benzene rings is 1. The first-order chi connectivity index (χ1) is 13.9. The summed E-state index contributed by atoms with van der Waals surface area (Å²) in [6.45, 7) is 0. The monoisotopic (exact) mass is 448 g/mol. The molecule has 4 aliphatic carbocycles. The number of hydrogen-bond donors (Lipinski definition) is 2. The Morgan fingerprint density at radius 2 is 1.66 bits per heavy atom. The van der Waals surface area contributed by atoms with Crippen molar-refractivity contribution in [3.05, 3.63) is 46.1 Å². The lowest BCUT2D eigenvalue weighted by Crippen LogP contribution is -2.61. The Morgan fingerprint density at radius 1 is 1.00 bits per heavy atom. The minimum Gasteiger partial charge on any atom is -0.451 e. The van der Waals surface area contributed by atoms with Crippen molar-refractivity contribution in [1.29, 1.82) is 0 Å². The molecule has 4 bridgehead atoms. The molecule has 1 amide bonds. The maximum Gasteiger partial charge on any atom is 0.293 e. The summed E-state index contributed by atoms with van der Waals surface area (Å²) in [5.41, 5.74) is 0.820. The quantitative estimate of drug-likeness (QED) is 0.580. The van der Waals surface area contributed by atoms with E-state index in [4.69, 9.17) is 39.8 Å². The molecule has 4 nitrogen and oxygen atoms in total. The zero-order chi connectivity index (χ0) is 20.2. The van der Waals surface area contributed by atoms with Crippen LogP contribution in [0.25, 0.3) is 11.3 Å². The van der Waals surface area contributed by atoms with Gasteiger partial charge in [-0.25, -0.2) is 0 Å². The molecule has 29 heavy (non-hydrogen) atoms. The molecule has 4 saturated carbocycles. The first-order valence-electron chi connectivity index (χ1n) is 10.1. The molecule has 0 radical (unpaired) electrons. The number of carbonyl (C=O) groups excluding carboxylic acids is 1. The number of amides is 1. The predicted octanol–water partition coefficient (Wildman–Crippen LogP) is 5.83. The Balaban J connectivity index is 1.24. The third-order valence-electron chi connectivity index (χ3n) is 6.68. The lowest BCUT2D eigenvalue weighted by atomic mass is 9.53. The summed E-state index contributed by atoms with van der Waals surface area (Å²) in [4.78, 5) is 12.6. The number of rotatable bonds is 3. The van der Waals surface area contributed by atoms with E-state index >= 15 is 0 Å². The summed E-state index contributed by atoms with van der Waals surface area (Å²) < 4.78 is 5.72. The van der Waals surface area contributed by atoms with Gasteiger partial charge in [-0.05, 0) is 98.8 Å². The van der Waals surface area contributed by atoms with Crippen molar-refractivity contribution >= 4 is 46.4 Å². The topological polar surface area (TPSA) is 54.3 Å². The van der Waals surface area contributed by atoms with Gasteiger partial charge in [0.2, 0.25) is 0 Å². The molecule has 0 atom stereocenters. The Labute approximate surface area is 185 Å². The van der Waals surface area contributed by atoms with Crippen molar-refractivity contribution in [1.82, 2.24) is 10.6 Å². The van der Waals surface area contributed by atoms with Crippen LogP contribution in [0.3, 0.4) is 0 Å². The van der Waals surface area contributed by atoms with Crippen molar-refractivity contribution in [2.45, 2.75) is 44.1 Å². The Hall–Kier alpha value is -1.56. The summed E-state index contributed by atoms with van der Waals surface area (Å²) >= 11 is 17.5. The van der Waals surface area contributed by atoms with Crippen LogP contribution in [0.1, 0.15) is 49.1 Å². The SMILES string of the molecule is O=C(NC(=S)NC12CC3CC(CC(C3)C1)C2)c1ccc(-c2ccc(Cl)c(Cl)c2)o1. The average molecular weight is 449 g/mol. The maximum absolute atomic E-state index is 12.6. The Morgan fingerprint density at radius 3 is 2.28 bits per heavy atom. The van der Waals surface area contributed by atoms with Gasteiger partial charge in [-0.2, -0.15) is 0 Å². The van der Waals surface area contributed by atoms with Crippen LogP contribution in [-0.2, 0) is 0 Å². The average Bonchev–Trinajstić information content (AvgIpc) is 3.12. The molecule has 7 heteroatoms. The maximum atomic E-state index is 12.6. The highest BCUT2D eigenvalue weighted by Gasteiger charge is 2.51. The van der Waals surface area contributed by atoms with Gasteiger partial charge in [0, 0.05) is 11.1 Å². The fourth-order valence-corrected chi connectivity index (χ4v) is 6.57. The second-order valence-corrected chi connectivity index (χ2v) is 10.1. The second kappa shape index (κ2) is 7.29. The molecular weight excluding hydrogens is 427 g/mol. The number of furan rings is 1. The van der Waals surface area contributed by atoms with Crippen molar-refractivity contribution in [3.63, 3.8) is 0 Å². The van der Waals surface area contributed by atoms with E-state index in [-0.39, 0.29) is 17.2 Å². The number of nitrogens with one attached hydrogen (secondary N) is 2. The smallest absolute Gasteiger partial charge is 0.293 e. The number of thiocarbonyl (C=S) groups is 1. The van der Waals surface area contributed by atoms with Crippen LogP contribution >= 0.6 is 35.4 Å². The Bertz CT molecular complexity index is 952. The molecule has 0 aliphatic heterocycles. The first kappa shape index (κ1) is 19.4. The van der Waals surface area contributed by atoms with Crippen LogP contribution < -0.4 is 10.6 Å². The molecular formula is C22H22Cl2N2O2S. The molecule has 2 N–H and O–H groups in total. The van der Waals surface area contributed by atoms with Gasteiger partial charge in [0.1, 0.15) is 5.76 Å². The van der Waals surface area contributed by atoms with Crippen molar-refractivity contribution in [2.24, 2.45) is 17.8 Å². The van der Waals surface area contributed by atoms with Crippen molar-refractivity contribution in [3.8, 4) is 11.3 Å². The van der Waals surface area contributed by atoms with Gasteiger partial charge in [-0.1, -0.05) is 23.2 Å². The molecule has 2 aromatic rings. The molecule has 1 aromatic carbocycles. The van der Waals surface area contributed by atoms with Crippen molar-refractivity contribution < 1.29 is 9.21 Å². The van der Waals surface area contributed by atoms with Crippen LogP contribution in [0.4, 0.5) is 0 Å². The minimum atomic E-state index is -0.349. The van der Waals surface area contributed by atoms with Gasteiger partial charge in [0.15, 0.2) is 10.9 Å². The van der Waals surface area contributed by atoms with E-state index in [1.807, 2.05) is 0 Å². The summed E-state index contributed by atoms with van der Waals surface area (Å²) in [5, 5.41) is 7.60. The molecule has 0 spiro atoms. The van der Waals surface area contributed by atoms with E-state index in [9.17, 15) is 4.79 Å². The molecule has 1 aromatic heterocycles. The third kappa shape index (κ3) is 3.80. The van der Waals surface area contributed by atoms with Gasteiger partial charge in [-0.15, -0.1) is 0 Å². The second-order valence-electron chi connectivity index (χ2n) is 8.90. The van der Waals surface area contributed by atoms with Gasteiger partial charge >= 0.3 is 0 Å². The van der Waals surface area contributed by atoms with Crippen LogP contribution in [0, 0.1) is 17.8 Å². The standard InChI is InChI=1S/C22H22Cl2N2O2S/c23-16-2-1-15(8-17(16)24)18-3-4-19(28-18)20(27)25-21(29)26-22-9-12-5-13(10-22)7-14(6-12)11-22/h1-4,8,12-14H,5-7,9-11H2,(H2,25,26,27,29). The Kier molecular flexibility index (Phi) is 4.88. The third-order valence-corrected chi connectivity index (χ3v) is 7.62. The fraction of sp³-hybridized carbons (Fsp3) is 0.455. The highest BCUT2D eigenvalue weighted by molar-refractivity contribution is 7.80. The molecule has 0 unspecified atom stereocenters. The van der Waals surface area contributed by atoms with E-state index in [0.717, 1.165) is 42.6 Å². The van der Waals surface area contributed by atoms with Crippen LogP contribution in [0.15, 0.2) is 34.7 Å². The van der Waals surface area contributed by atoms with E-state index < -0.39 is 0 Å². The number of halogens is 2.